The average Bonchev–Trinajstić information content (AvgIpc) is 2.65. The molecule has 0 fully saturated rings. The Kier molecular flexibility index (Phi) is 2.79. The van der Waals surface area contributed by atoms with Gasteiger partial charge in [0.05, 0.1) is 18.2 Å². The van der Waals surface area contributed by atoms with Crippen LogP contribution in [0.5, 0.6) is 0 Å². The van der Waals surface area contributed by atoms with E-state index in [9.17, 15) is 4.79 Å². The maximum atomic E-state index is 11.4. The number of methoxy groups -OCH3 is 1. The fourth-order valence-electron chi connectivity index (χ4n) is 1.62. The molecule has 2 heterocycles. The summed E-state index contributed by atoms with van der Waals surface area (Å²) in [7, 11) is 1.31. The predicted octanol–water partition coefficient (Wildman–Crippen LogP) is 1.50. The van der Waals surface area contributed by atoms with E-state index in [1.54, 1.807) is 10.9 Å². The third-order valence-electron chi connectivity index (χ3n) is 2.49. The van der Waals surface area contributed by atoms with Crippen molar-refractivity contribution in [2.24, 2.45) is 0 Å². The summed E-state index contributed by atoms with van der Waals surface area (Å²) in [6, 6.07) is 0.173. The molecule has 2 aromatic rings. The highest BCUT2D eigenvalue weighted by atomic mass is 16.5. The Balaban J connectivity index is 2.66. The minimum Gasteiger partial charge on any atom is -0.463 e. The molecule has 0 radical (unpaired) electrons. The average molecular weight is 234 g/mol. The Labute approximate surface area is 98.6 Å². The van der Waals surface area contributed by atoms with Crippen LogP contribution in [0.2, 0.25) is 0 Å². The Morgan fingerprint density at radius 1 is 1.47 bits per heavy atom. The minimum absolute atomic E-state index is 0.0572. The lowest BCUT2D eigenvalue weighted by Crippen LogP contribution is -2.09. The normalized spacial score (nSPS) is 11.1. The van der Waals surface area contributed by atoms with Crippen molar-refractivity contribution in [2.45, 2.75) is 26.8 Å². The molecule has 2 rings (SSSR count). The van der Waals surface area contributed by atoms with Gasteiger partial charge < -0.3 is 4.74 Å². The second-order valence-corrected chi connectivity index (χ2v) is 4.05. The Morgan fingerprint density at radius 2 is 2.18 bits per heavy atom. The van der Waals surface area contributed by atoms with Crippen LogP contribution in [-0.4, -0.2) is 32.8 Å². The molecule has 0 aromatic carbocycles. The summed E-state index contributed by atoms with van der Waals surface area (Å²) < 4.78 is 6.38. The number of esters is 1. The molecular weight excluding hydrogens is 220 g/mol. The maximum absolute atomic E-state index is 11.4. The van der Waals surface area contributed by atoms with E-state index in [2.05, 4.69) is 19.8 Å². The van der Waals surface area contributed by atoms with Crippen molar-refractivity contribution in [3.05, 3.63) is 17.7 Å². The number of carbonyl (C=O) groups is 1. The topological polar surface area (TPSA) is 69.9 Å². The number of carbonyl (C=O) groups excluding carboxylic acids is 1. The molecule has 0 N–H and O–H groups in total. The third-order valence-corrected chi connectivity index (χ3v) is 2.49. The van der Waals surface area contributed by atoms with Gasteiger partial charge in [0.1, 0.15) is 0 Å². The fourth-order valence-corrected chi connectivity index (χ4v) is 1.62. The van der Waals surface area contributed by atoms with Gasteiger partial charge in [0.15, 0.2) is 5.65 Å². The molecule has 6 heteroatoms. The molecule has 0 saturated heterocycles. The second-order valence-electron chi connectivity index (χ2n) is 4.05. The van der Waals surface area contributed by atoms with Crippen molar-refractivity contribution in [2.75, 3.05) is 7.11 Å². The van der Waals surface area contributed by atoms with Gasteiger partial charge in [-0.1, -0.05) is 0 Å². The standard InChI is InChI=1S/C11H14N4O2/c1-6(2)15-10-8(7(3)14-15)5-12-9(13-10)11(16)17-4/h5-6H,1-4H3. The van der Waals surface area contributed by atoms with Gasteiger partial charge in [0.25, 0.3) is 0 Å². The van der Waals surface area contributed by atoms with Crippen molar-refractivity contribution >= 4 is 17.0 Å². The first-order chi connectivity index (χ1) is 8.04. The van der Waals surface area contributed by atoms with E-state index in [0.717, 1.165) is 11.1 Å². The zero-order chi connectivity index (χ0) is 12.6. The summed E-state index contributed by atoms with van der Waals surface area (Å²) in [5.41, 5.74) is 1.51. The number of hydrogen-bond donors (Lipinski definition) is 0. The molecule has 0 aliphatic heterocycles. The summed E-state index contributed by atoms with van der Waals surface area (Å²) in [5.74, 6) is -0.483. The van der Waals surface area contributed by atoms with Gasteiger partial charge in [-0.25, -0.2) is 19.4 Å². The van der Waals surface area contributed by atoms with E-state index in [1.807, 2.05) is 20.8 Å². The highest BCUT2D eigenvalue weighted by Crippen LogP contribution is 2.18. The quantitative estimate of drug-likeness (QED) is 0.736. The number of ether oxygens (including phenoxy) is 1. The van der Waals surface area contributed by atoms with E-state index in [0.29, 0.717) is 5.65 Å². The molecule has 0 unspecified atom stereocenters. The zero-order valence-corrected chi connectivity index (χ0v) is 10.3. The summed E-state index contributed by atoms with van der Waals surface area (Å²) in [4.78, 5) is 19.5. The maximum Gasteiger partial charge on any atom is 0.376 e. The lowest BCUT2D eigenvalue weighted by molar-refractivity contribution is 0.0587. The van der Waals surface area contributed by atoms with E-state index in [1.165, 1.54) is 7.11 Å². The number of aryl methyl sites for hydroxylation is 1. The number of aromatic nitrogens is 4. The van der Waals surface area contributed by atoms with E-state index >= 15 is 0 Å². The van der Waals surface area contributed by atoms with Crippen molar-refractivity contribution in [1.29, 1.82) is 0 Å². The van der Waals surface area contributed by atoms with Crippen LogP contribution in [0.3, 0.4) is 0 Å². The molecule has 0 aliphatic rings. The van der Waals surface area contributed by atoms with E-state index in [-0.39, 0.29) is 11.9 Å². The smallest absolute Gasteiger partial charge is 0.376 e. The van der Waals surface area contributed by atoms with Gasteiger partial charge in [-0.15, -0.1) is 0 Å². The van der Waals surface area contributed by atoms with E-state index in [4.69, 9.17) is 0 Å². The number of fused-ring (bicyclic) bond motifs is 1. The summed E-state index contributed by atoms with van der Waals surface area (Å²) >= 11 is 0. The second kappa shape index (κ2) is 4.12. The monoisotopic (exact) mass is 234 g/mol. The van der Waals surface area contributed by atoms with Gasteiger partial charge in [0, 0.05) is 12.2 Å². The molecule has 17 heavy (non-hydrogen) atoms. The highest BCUT2D eigenvalue weighted by molar-refractivity contribution is 5.88. The van der Waals surface area contributed by atoms with Crippen LogP contribution < -0.4 is 0 Å². The molecule has 90 valence electrons. The van der Waals surface area contributed by atoms with Crippen LogP contribution >= 0.6 is 0 Å². The molecule has 0 spiro atoms. The van der Waals surface area contributed by atoms with Crippen LogP contribution in [0, 0.1) is 6.92 Å². The Bertz CT molecular complexity index is 574. The molecule has 0 amide bonds. The van der Waals surface area contributed by atoms with Crippen molar-refractivity contribution in [1.82, 2.24) is 19.7 Å². The first-order valence-corrected chi connectivity index (χ1v) is 5.34. The lowest BCUT2D eigenvalue weighted by Gasteiger charge is -2.06. The van der Waals surface area contributed by atoms with Gasteiger partial charge in [-0.2, -0.15) is 5.10 Å². The minimum atomic E-state index is -0.541. The van der Waals surface area contributed by atoms with Crippen LogP contribution in [-0.2, 0) is 4.74 Å². The zero-order valence-electron chi connectivity index (χ0n) is 10.3. The Morgan fingerprint density at radius 3 is 2.76 bits per heavy atom. The number of rotatable bonds is 2. The van der Waals surface area contributed by atoms with E-state index < -0.39 is 5.97 Å². The van der Waals surface area contributed by atoms with Crippen LogP contribution in [0.15, 0.2) is 6.20 Å². The first-order valence-electron chi connectivity index (χ1n) is 5.34. The Hall–Kier alpha value is -1.98. The SMILES string of the molecule is COC(=O)c1ncc2c(C)nn(C(C)C)c2n1. The predicted molar refractivity (Wildman–Crippen MR) is 61.8 cm³/mol. The van der Waals surface area contributed by atoms with Gasteiger partial charge >= 0.3 is 5.97 Å². The number of nitrogens with zero attached hydrogens (tertiary/aromatic N) is 4. The molecule has 0 bridgehead atoms. The van der Waals surface area contributed by atoms with Crippen LogP contribution in [0.25, 0.3) is 11.0 Å². The molecule has 2 aromatic heterocycles. The van der Waals surface area contributed by atoms with Gasteiger partial charge in [-0.3, -0.25) is 0 Å². The summed E-state index contributed by atoms with van der Waals surface area (Å²) in [5, 5.41) is 5.23. The van der Waals surface area contributed by atoms with Gasteiger partial charge in [-0.05, 0) is 20.8 Å². The molecule has 0 atom stereocenters. The van der Waals surface area contributed by atoms with Crippen molar-refractivity contribution in [3.8, 4) is 0 Å². The molecule has 6 nitrogen and oxygen atoms in total. The summed E-state index contributed by atoms with van der Waals surface area (Å²) in [6.45, 7) is 5.90. The van der Waals surface area contributed by atoms with Crippen molar-refractivity contribution < 1.29 is 9.53 Å². The van der Waals surface area contributed by atoms with Crippen LogP contribution in [0.1, 0.15) is 36.2 Å². The summed E-state index contributed by atoms with van der Waals surface area (Å²) in [6.07, 6.45) is 1.61. The highest BCUT2D eigenvalue weighted by Gasteiger charge is 2.16. The number of hydrogen-bond acceptors (Lipinski definition) is 5. The fraction of sp³-hybridized carbons (Fsp3) is 0.455. The molecule has 0 saturated carbocycles. The third kappa shape index (κ3) is 1.86. The lowest BCUT2D eigenvalue weighted by atomic mass is 10.3. The van der Waals surface area contributed by atoms with Crippen molar-refractivity contribution in [3.63, 3.8) is 0 Å². The van der Waals surface area contributed by atoms with Gasteiger partial charge in [0.2, 0.25) is 5.82 Å². The molecule has 0 aliphatic carbocycles. The first kappa shape index (κ1) is 11.5. The van der Waals surface area contributed by atoms with Crippen LogP contribution in [0.4, 0.5) is 0 Å². The molecular formula is C11H14N4O2. The largest absolute Gasteiger partial charge is 0.463 e.